The van der Waals surface area contributed by atoms with Crippen LogP contribution >= 0.6 is 39.1 Å². The predicted molar refractivity (Wildman–Crippen MR) is 124 cm³/mol. The second kappa shape index (κ2) is 11.6. The zero-order chi connectivity index (χ0) is 22.3. The van der Waals surface area contributed by atoms with Crippen molar-refractivity contribution < 1.29 is 14.3 Å². The summed E-state index contributed by atoms with van der Waals surface area (Å²) < 4.78 is 6.54. The molecule has 0 spiro atoms. The van der Waals surface area contributed by atoms with Gasteiger partial charge in [-0.2, -0.15) is 0 Å². The number of hydrogen-bond acceptors (Lipinski definition) is 3. The molecule has 0 radical (unpaired) electrons. The summed E-state index contributed by atoms with van der Waals surface area (Å²) in [6.45, 7) is 5.56. The molecule has 0 aromatic heterocycles. The Labute approximate surface area is 195 Å². The Balaban J connectivity index is 2.18. The lowest BCUT2D eigenvalue weighted by molar-refractivity contribution is -0.142. The first-order valence-corrected chi connectivity index (χ1v) is 11.2. The number of amides is 2. The highest BCUT2D eigenvalue weighted by Gasteiger charge is 2.27. The lowest BCUT2D eigenvalue weighted by Gasteiger charge is -2.30. The number of hydrogen-bond donors (Lipinski definition) is 1. The molecule has 0 aliphatic heterocycles. The van der Waals surface area contributed by atoms with Gasteiger partial charge in [0, 0.05) is 27.1 Å². The first-order valence-electron chi connectivity index (χ1n) is 9.63. The van der Waals surface area contributed by atoms with Gasteiger partial charge in [-0.25, -0.2) is 0 Å². The second-order valence-corrected chi connectivity index (χ2v) is 8.75. The molecule has 2 aromatic carbocycles. The molecule has 2 atom stereocenters. The van der Waals surface area contributed by atoms with E-state index in [0.717, 1.165) is 10.9 Å². The van der Waals surface area contributed by atoms with Crippen molar-refractivity contribution >= 4 is 50.9 Å². The fraction of sp³-hybridized carbons (Fsp3) is 0.364. The van der Waals surface area contributed by atoms with Gasteiger partial charge in [0.15, 0.2) is 6.61 Å². The van der Waals surface area contributed by atoms with Crippen LogP contribution in [0.4, 0.5) is 0 Å². The molecule has 0 aliphatic rings. The van der Waals surface area contributed by atoms with Crippen LogP contribution < -0.4 is 10.1 Å². The largest absolute Gasteiger partial charge is 0.484 e. The van der Waals surface area contributed by atoms with E-state index in [4.69, 9.17) is 27.9 Å². The monoisotopic (exact) mass is 514 g/mol. The number of halogens is 3. The maximum atomic E-state index is 13.0. The van der Waals surface area contributed by atoms with Gasteiger partial charge >= 0.3 is 0 Å². The molecule has 30 heavy (non-hydrogen) atoms. The van der Waals surface area contributed by atoms with Crippen molar-refractivity contribution in [2.75, 3.05) is 6.61 Å². The van der Waals surface area contributed by atoms with Gasteiger partial charge in [0.05, 0.1) is 0 Å². The van der Waals surface area contributed by atoms with Gasteiger partial charge in [0.1, 0.15) is 11.8 Å². The summed E-state index contributed by atoms with van der Waals surface area (Å²) in [4.78, 5) is 27.2. The lowest BCUT2D eigenvalue weighted by atomic mass is 10.1. The summed E-state index contributed by atoms with van der Waals surface area (Å²) in [5.41, 5.74) is 0.696. The highest BCUT2D eigenvalue weighted by Crippen LogP contribution is 2.23. The van der Waals surface area contributed by atoms with Crippen LogP contribution in [0.5, 0.6) is 5.75 Å². The van der Waals surface area contributed by atoms with Crippen LogP contribution in [0.2, 0.25) is 10.0 Å². The summed E-state index contributed by atoms with van der Waals surface area (Å²) in [5, 5.41) is 3.86. The van der Waals surface area contributed by atoms with Crippen molar-refractivity contribution in [1.82, 2.24) is 10.2 Å². The second-order valence-electron chi connectivity index (χ2n) is 6.99. The normalized spacial score (nSPS) is 12.7. The van der Waals surface area contributed by atoms with E-state index in [1.807, 2.05) is 26.0 Å². The van der Waals surface area contributed by atoms with Crippen molar-refractivity contribution in [2.45, 2.75) is 45.8 Å². The highest BCUT2D eigenvalue weighted by molar-refractivity contribution is 9.10. The molecule has 0 bridgehead atoms. The van der Waals surface area contributed by atoms with Gasteiger partial charge in [-0.05, 0) is 62.2 Å². The molecule has 162 valence electrons. The van der Waals surface area contributed by atoms with E-state index in [1.54, 1.807) is 37.3 Å². The highest BCUT2D eigenvalue weighted by atomic mass is 79.9. The van der Waals surface area contributed by atoms with E-state index < -0.39 is 6.04 Å². The zero-order valence-electron chi connectivity index (χ0n) is 17.1. The Morgan fingerprint density at radius 1 is 1.13 bits per heavy atom. The van der Waals surface area contributed by atoms with Gasteiger partial charge in [-0.3, -0.25) is 9.59 Å². The molecule has 2 rings (SSSR count). The number of nitrogens with one attached hydrogen (secondary N) is 1. The molecule has 8 heteroatoms. The number of rotatable bonds is 9. The van der Waals surface area contributed by atoms with E-state index >= 15 is 0 Å². The van der Waals surface area contributed by atoms with Gasteiger partial charge < -0.3 is 15.0 Å². The number of carbonyl (C=O) groups excluding carboxylic acids is 2. The average Bonchev–Trinajstić information content (AvgIpc) is 2.72. The van der Waals surface area contributed by atoms with Crippen LogP contribution in [0.15, 0.2) is 46.9 Å². The van der Waals surface area contributed by atoms with Crippen molar-refractivity contribution in [3.05, 3.63) is 62.5 Å². The van der Waals surface area contributed by atoms with Crippen molar-refractivity contribution in [3.8, 4) is 5.75 Å². The first kappa shape index (κ1) is 24.5. The third-order valence-electron chi connectivity index (χ3n) is 4.70. The molecule has 0 aliphatic carbocycles. The van der Waals surface area contributed by atoms with Crippen LogP contribution in [-0.4, -0.2) is 35.4 Å². The van der Waals surface area contributed by atoms with Gasteiger partial charge in [-0.15, -0.1) is 0 Å². The molecule has 0 saturated heterocycles. The van der Waals surface area contributed by atoms with E-state index in [0.29, 0.717) is 21.4 Å². The molecule has 0 unspecified atom stereocenters. The Morgan fingerprint density at radius 2 is 1.80 bits per heavy atom. The van der Waals surface area contributed by atoms with Crippen molar-refractivity contribution in [2.24, 2.45) is 0 Å². The molecule has 0 fully saturated rings. The van der Waals surface area contributed by atoms with E-state index in [-0.39, 0.29) is 31.0 Å². The van der Waals surface area contributed by atoms with Crippen LogP contribution in [0.1, 0.15) is 32.8 Å². The predicted octanol–water partition coefficient (Wildman–Crippen LogP) is 5.47. The van der Waals surface area contributed by atoms with E-state index in [9.17, 15) is 9.59 Å². The quantitative estimate of drug-likeness (QED) is 0.482. The summed E-state index contributed by atoms with van der Waals surface area (Å²) in [6, 6.07) is 11.5. The topological polar surface area (TPSA) is 58.6 Å². The Morgan fingerprint density at radius 3 is 2.40 bits per heavy atom. The summed E-state index contributed by atoms with van der Waals surface area (Å²) >= 11 is 15.6. The Bertz CT molecular complexity index is 877. The number of carbonyl (C=O) groups is 2. The molecule has 2 amide bonds. The summed E-state index contributed by atoms with van der Waals surface area (Å²) in [6.07, 6.45) is 0.794. The van der Waals surface area contributed by atoms with Crippen LogP contribution in [0.25, 0.3) is 0 Å². The maximum absolute atomic E-state index is 13.0. The van der Waals surface area contributed by atoms with E-state index in [2.05, 4.69) is 21.2 Å². The SMILES string of the molecule is CC[C@H](C)NC(=O)[C@@H](C)N(Cc1ccc(Cl)cc1Cl)C(=O)COc1ccc(Br)cc1. The smallest absolute Gasteiger partial charge is 0.261 e. The third-order valence-corrected chi connectivity index (χ3v) is 5.82. The molecule has 1 N–H and O–H groups in total. The first-order chi connectivity index (χ1) is 14.2. The Hall–Kier alpha value is -1.76. The fourth-order valence-corrected chi connectivity index (χ4v) is 3.37. The zero-order valence-corrected chi connectivity index (χ0v) is 20.2. The molecule has 0 saturated carbocycles. The van der Waals surface area contributed by atoms with E-state index in [1.165, 1.54) is 4.90 Å². The standard InChI is InChI=1S/C22H25BrCl2N2O3/c1-4-14(2)26-22(29)15(3)27(12-16-5-8-18(24)11-20(16)25)21(28)13-30-19-9-6-17(23)7-10-19/h5-11,14-15H,4,12-13H2,1-3H3,(H,26,29)/t14-,15+/m0/s1. The summed E-state index contributed by atoms with van der Waals surface area (Å²) in [5.74, 6) is 0.00917. The molecular formula is C22H25BrCl2N2O3. The molecular weight excluding hydrogens is 491 g/mol. The summed E-state index contributed by atoms with van der Waals surface area (Å²) in [7, 11) is 0. The number of ether oxygens (including phenoxy) is 1. The van der Waals surface area contributed by atoms with Crippen LogP contribution in [0, 0.1) is 0 Å². The van der Waals surface area contributed by atoms with Gasteiger partial charge in [-0.1, -0.05) is 52.1 Å². The molecule has 5 nitrogen and oxygen atoms in total. The Kier molecular flexibility index (Phi) is 9.46. The van der Waals surface area contributed by atoms with Gasteiger partial charge in [0.25, 0.3) is 5.91 Å². The minimum Gasteiger partial charge on any atom is -0.484 e. The minimum atomic E-state index is -0.702. The van der Waals surface area contributed by atoms with Crippen LogP contribution in [-0.2, 0) is 16.1 Å². The number of benzene rings is 2. The van der Waals surface area contributed by atoms with Crippen molar-refractivity contribution in [3.63, 3.8) is 0 Å². The number of nitrogens with zero attached hydrogens (tertiary/aromatic N) is 1. The van der Waals surface area contributed by atoms with Crippen LogP contribution in [0.3, 0.4) is 0 Å². The van der Waals surface area contributed by atoms with Crippen molar-refractivity contribution in [1.29, 1.82) is 0 Å². The minimum absolute atomic E-state index is 0.00929. The maximum Gasteiger partial charge on any atom is 0.261 e. The lowest BCUT2D eigenvalue weighted by Crippen LogP contribution is -2.50. The van der Waals surface area contributed by atoms with Gasteiger partial charge in [0.2, 0.25) is 5.91 Å². The third kappa shape index (κ3) is 7.18. The molecule has 0 heterocycles. The fourth-order valence-electron chi connectivity index (χ4n) is 2.64. The average molecular weight is 516 g/mol. The molecule has 2 aromatic rings.